The minimum absolute atomic E-state index is 0.165. The number of methoxy groups -OCH3 is 1. The number of carbonyl (C=O) groups excluding carboxylic acids is 1. The van der Waals surface area contributed by atoms with Crippen molar-refractivity contribution in [2.45, 2.75) is 45.8 Å². The van der Waals surface area contributed by atoms with Crippen LogP contribution < -0.4 is 10.1 Å². The number of amides is 1. The second-order valence-electron chi connectivity index (χ2n) is 8.93. The maximum atomic E-state index is 12.5. The number of phenols is 1. The Hall–Kier alpha value is -3.51. The molecule has 0 radical (unpaired) electrons. The number of anilines is 1. The van der Waals surface area contributed by atoms with E-state index in [-0.39, 0.29) is 5.75 Å². The largest absolute Gasteiger partial charge is 0.508 e. The molecule has 0 saturated heterocycles. The highest BCUT2D eigenvalue weighted by atomic mass is 16.6. The van der Waals surface area contributed by atoms with Crippen LogP contribution in [0.5, 0.6) is 11.5 Å². The first-order chi connectivity index (χ1) is 16.2. The minimum atomic E-state index is -0.619. The van der Waals surface area contributed by atoms with E-state index in [4.69, 9.17) is 14.2 Å². The van der Waals surface area contributed by atoms with Crippen molar-refractivity contribution >= 4 is 11.8 Å². The molecule has 3 aromatic carbocycles. The first-order valence-electron chi connectivity index (χ1n) is 11.4. The smallest absolute Gasteiger partial charge is 0.412 e. The standard InChI is InChI=1S/C28H33NO5/c1-6-33-26-20(17-25(32-5)22-14-10-11-15-24(22)30)16-21(29-27(31)34-28(2,3)4)18-23(26)19-12-8-7-9-13-19/h7-16,18,25,30H,6,17H2,1-5H3,(H,29,31). The summed E-state index contributed by atoms with van der Waals surface area (Å²) in [6.07, 6.45) is -0.529. The summed E-state index contributed by atoms with van der Waals surface area (Å²) in [6, 6.07) is 20.7. The van der Waals surface area contributed by atoms with Gasteiger partial charge in [-0.25, -0.2) is 4.79 Å². The maximum Gasteiger partial charge on any atom is 0.412 e. The molecule has 6 heteroatoms. The van der Waals surface area contributed by atoms with Gasteiger partial charge in [0.05, 0.1) is 12.7 Å². The molecule has 0 bridgehead atoms. The molecule has 0 aliphatic rings. The third kappa shape index (κ3) is 6.51. The lowest BCUT2D eigenvalue weighted by molar-refractivity contribution is 0.0636. The van der Waals surface area contributed by atoms with Crippen molar-refractivity contribution in [3.63, 3.8) is 0 Å². The molecule has 0 aromatic heterocycles. The van der Waals surface area contributed by atoms with E-state index in [0.717, 1.165) is 16.7 Å². The molecule has 1 atom stereocenters. The number of ether oxygens (including phenoxy) is 3. The van der Waals surface area contributed by atoms with E-state index in [1.165, 1.54) is 0 Å². The Morgan fingerprint density at radius 3 is 2.32 bits per heavy atom. The van der Waals surface area contributed by atoms with Crippen molar-refractivity contribution in [2.75, 3.05) is 19.0 Å². The second kappa shape index (κ2) is 11.1. The van der Waals surface area contributed by atoms with E-state index >= 15 is 0 Å². The molecule has 0 heterocycles. The van der Waals surface area contributed by atoms with E-state index in [0.29, 0.717) is 30.0 Å². The molecule has 1 unspecified atom stereocenters. The summed E-state index contributed by atoms with van der Waals surface area (Å²) in [6.45, 7) is 7.87. The van der Waals surface area contributed by atoms with Gasteiger partial charge in [0.2, 0.25) is 0 Å². The Bertz CT molecular complexity index is 1110. The van der Waals surface area contributed by atoms with E-state index in [2.05, 4.69) is 5.32 Å². The summed E-state index contributed by atoms with van der Waals surface area (Å²) in [7, 11) is 1.61. The first-order valence-corrected chi connectivity index (χ1v) is 11.4. The average Bonchev–Trinajstić information content (AvgIpc) is 2.78. The molecule has 0 saturated carbocycles. The normalized spacial score (nSPS) is 12.1. The number of aromatic hydroxyl groups is 1. The van der Waals surface area contributed by atoms with Gasteiger partial charge in [0.1, 0.15) is 17.1 Å². The third-order valence-corrected chi connectivity index (χ3v) is 5.16. The number of para-hydroxylation sites is 1. The zero-order valence-corrected chi connectivity index (χ0v) is 20.4. The highest BCUT2D eigenvalue weighted by Crippen LogP contribution is 2.40. The molecule has 3 aromatic rings. The molecule has 2 N–H and O–H groups in total. The van der Waals surface area contributed by atoms with Gasteiger partial charge >= 0.3 is 6.09 Å². The topological polar surface area (TPSA) is 77.0 Å². The van der Waals surface area contributed by atoms with Crippen LogP contribution in [0.3, 0.4) is 0 Å². The Morgan fingerprint density at radius 1 is 1.03 bits per heavy atom. The lowest BCUT2D eigenvalue weighted by Crippen LogP contribution is -2.27. The third-order valence-electron chi connectivity index (χ3n) is 5.16. The molecular formula is C28H33NO5. The van der Waals surface area contributed by atoms with E-state index in [9.17, 15) is 9.90 Å². The monoisotopic (exact) mass is 463 g/mol. The van der Waals surface area contributed by atoms with Crippen LogP contribution in [0.2, 0.25) is 0 Å². The second-order valence-corrected chi connectivity index (χ2v) is 8.93. The summed E-state index contributed by atoms with van der Waals surface area (Å²) in [5, 5.41) is 13.2. The van der Waals surface area contributed by atoms with E-state index in [1.807, 2.05) is 82.3 Å². The predicted octanol–water partition coefficient (Wildman–Crippen LogP) is 6.74. The summed E-state index contributed by atoms with van der Waals surface area (Å²) in [4.78, 5) is 12.5. The molecule has 0 spiro atoms. The lowest BCUT2D eigenvalue weighted by atomic mass is 9.94. The molecule has 180 valence electrons. The molecule has 0 fully saturated rings. The highest BCUT2D eigenvalue weighted by molar-refractivity contribution is 5.88. The summed E-state index contributed by atoms with van der Waals surface area (Å²) < 4.78 is 17.3. The summed E-state index contributed by atoms with van der Waals surface area (Å²) in [5.74, 6) is 0.875. The number of carbonyl (C=O) groups is 1. The van der Waals surface area contributed by atoms with Crippen LogP contribution in [0.1, 0.15) is 44.9 Å². The van der Waals surface area contributed by atoms with Gasteiger partial charge in [-0.15, -0.1) is 0 Å². The zero-order chi connectivity index (χ0) is 24.7. The van der Waals surface area contributed by atoms with Crippen LogP contribution in [0.25, 0.3) is 11.1 Å². The summed E-state index contributed by atoms with van der Waals surface area (Å²) >= 11 is 0. The fraction of sp³-hybridized carbons (Fsp3) is 0.321. The van der Waals surface area contributed by atoms with Gasteiger partial charge in [-0.2, -0.15) is 0 Å². The van der Waals surface area contributed by atoms with Crippen molar-refractivity contribution < 1.29 is 24.1 Å². The first kappa shape index (κ1) is 25.1. The van der Waals surface area contributed by atoms with Gasteiger partial charge in [-0.1, -0.05) is 48.5 Å². The van der Waals surface area contributed by atoms with Gasteiger partial charge < -0.3 is 19.3 Å². The Balaban J connectivity index is 2.09. The highest BCUT2D eigenvalue weighted by Gasteiger charge is 2.22. The fourth-order valence-corrected chi connectivity index (χ4v) is 3.76. The van der Waals surface area contributed by atoms with Crippen LogP contribution in [-0.4, -0.2) is 30.5 Å². The quantitative estimate of drug-likeness (QED) is 0.387. The zero-order valence-electron chi connectivity index (χ0n) is 20.4. The van der Waals surface area contributed by atoms with Crippen LogP contribution in [0.15, 0.2) is 66.7 Å². The van der Waals surface area contributed by atoms with Crippen LogP contribution >= 0.6 is 0 Å². The minimum Gasteiger partial charge on any atom is -0.508 e. The lowest BCUT2D eigenvalue weighted by Gasteiger charge is -2.23. The predicted molar refractivity (Wildman–Crippen MR) is 134 cm³/mol. The molecule has 0 aliphatic carbocycles. The van der Waals surface area contributed by atoms with Gasteiger partial charge in [0.15, 0.2) is 0 Å². The number of hydrogen-bond donors (Lipinski definition) is 2. The summed E-state index contributed by atoms with van der Waals surface area (Å²) in [5.41, 5.74) is 3.28. The molecule has 1 amide bonds. The fourth-order valence-electron chi connectivity index (χ4n) is 3.76. The Labute approximate surface area is 201 Å². The van der Waals surface area contributed by atoms with Gasteiger partial charge in [0.25, 0.3) is 0 Å². The van der Waals surface area contributed by atoms with Crippen molar-refractivity contribution in [1.82, 2.24) is 0 Å². The Kier molecular flexibility index (Phi) is 8.18. The van der Waals surface area contributed by atoms with Crippen LogP contribution in [-0.2, 0) is 15.9 Å². The number of hydrogen-bond acceptors (Lipinski definition) is 5. The van der Waals surface area contributed by atoms with Crippen molar-refractivity contribution in [1.29, 1.82) is 0 Å². The van der Waals surface area contributed by atoms with Crippen LogP contribution in [0.4, 0.5) is 10.5 Å². The van der Waals surface area contributed by atoms with Gasteiger partial charge in [0, 0.05) is 30.3 Å². The Morgan fingerprint density at radius 2 is 1.71 bits per heavy atom. The van der Waals surface area contributed by atoms with Crippen LogP contribution in [0, 0.1) is 0 Å². The average molecular weight is 464 g/mol. The van der Waals surface area contributed by atoms with Crippen molar-refractivity contribution in [2.24, 2.45) is 0 Å². The van der Waals surface area contributed by atoms with E-state index < -0.39 is 17.8 Å². The molecular weight excluding hydrogens is 430 g/mol. The van der Waals surface area contributed by atoms with Crippen molar-refractivity contribution in [3.05, 3.63) is 77.9 Å². The number of nitrogens with one attached hydrogen (secondary N) is 1. The number of phenolic OH excluding ortho intramolecular Hbond substituents is 1. The van der Waals surface area contributed by atoms with E-state index in [1.54, 1.807) is 19.2 Å². The maximum absolute atomic E-state index is 12.5. The van der Waals surface area contributed by atoms with Gasteiger partial charge in [-0.05, 0) is 57.0 Å². The number of benzene rings is 3. The molecule has 34 heavy (non-hydrogen) atoms. The molecule has 0 aliphatic heterocycles. The SMILES string of the molecule is CCOc1c(CC(OC)c2ccccc2O)cc(NC(=O)OC(C)(C)C)cc1-c1ccccc1. The molecule has 6 nitrogen and oxygen atoms in total. The molecule has 3 rings (SSSR count). The number of rotatable bonds is 8. The van der Waals surface area contributed by atoms with Gasteiger partial charge in [-0.3, -0.25) is 5.32 Å². The van der Waals surface area contributed by atoms with Crippen molar-refractivity contribution in [3.8, 4) is 22.6 Å².